The minimum Gasteiger partial charge on any atom is -0.497 e. The average molecular weight is 300 g/mol. The van der Waals surface area contributed by atoms with Crippen LogP contribution >= 0.6 is 0 Å². The van der Waals surface area contributed by atoms with Crippen molar-refractivity contribution in [1.82, 2.24) is 10.2 Å². The van der Waals surface area contributed by atoms with Crippen molar-refractivity contribution in [3.8, 4) is 11.8 Å². The summed E-state index contributed by atoms with van der Waals surface area (Å²) < 4.78 is 18.6. The third kappa shape index (κ3) is 3.14. The predicted octanol–water partition coefficient (Wildman–Crippen LogP) is 3.36. The predicted molar refractivity (Wildman–Crippen MR) is 81.7 cm³/mol. The smallest absolute Gasteiger partial charge is 0.171 e. The van der Waals surface area contributed by atoms with E-state index in [2.05, 4.69) is 21.6 Å². The van der Waals surface area contributed by atoms with Crippen molar-refractivity contribution in [2.24, 2.45) is 0 Å². The Balaban J connectivity index is 2.46. The van der Waals surface area contributed by atoms with E-state index in [1.807, 2.05) is 13.8 Å². The molecule has 6 heteroatoms. The van der Waals surface area contributed by atoms with E-state index in [4.69, 9.17) is 4.74 Å². The van der Waals surface area contributed by atoms with Crippen LogP contribution in [0.1, 0.15) is 30.7 Å². The van der Waals surface area contributed by atoms with E-state index < -0.39 is 5.82 Å². The van der Waals surface area contributed by atoms with Crippen LogP contribution < -0.4 is 10.1 Å². The van der Waals surface area contributed by atoms with Gasteiger partial charge in [0.1, 0.15) is 23.2 Å². The molecule has 0 amide bonds. The number of ether oxygens (including phenoxy) is 1. The molecule has 0 atom stereocenters. The molecule has 0 unspecified atom stereocenters. The Kier molecular flexibility index (Phi) is 4.89. The van der Waals surface area contributed by atoms with Gasteiger partial charge in [0.05, 0.1) is 12.8 Å². The Morgan fingerprint density at radius 2 is 2.00 bits per heavy atom. The molecule has 2 rings (SSSR count). The lowest BCUT2D eigenvalue weighted by Crippen LogP contribution is -2.07. The Hall–Kier alpha value is -2.68. The number of anilines is 2. The van der Waals surface area contributed by atoms with E-state index in [-0.39, 0.29) is 0 Å². The first-order valence-electron chi connectivity index (χ1n) is 7.03. The number of methoxy groups -OCH3 is 1. The molecule has 0 aliphatic rings. The molecule has 0 saturated carbocycles. The molecule has 5 nitrogen and oxygen atoms in total. The van der Waals surface area contributed by atoms with Crippen molar-refractivity contribution in [3.63, 3.8) is 0 Å². The highest BCUT2D eigenvalue weighted by molar-refractivity contribution is 5.65. The summed E-state index contributed by atoms with van der Waals surface area (Å²) >= 11 is 0. The largest absolute Gasteiger partial charge is 0.497 e. The number of hydrogen-bond acceptors (Lipinski definition) is 5. The third-order valence-corrected chi connectivity index (χ3v) is 3.33. The second-order valence-corrected chi connectivity index (χ2v) is 4.67. The van der Waals surface area contributed by atoms with Crippen molar-refractivity contribution in [3.05, 3.63) is 40.8 Å². The van der Waals surface area contributed by atoms with Crippen LogP contribution in [0.15, 0.2) is 18.2 Å². The zero-order chi connectivity index (χ0) is 16.1. The van der Waals surface area contributed by atoms with Crippen LogP contribution in [0.4, 0.5) is 15.9 Å². The second kappa shape index (κ2) is 6.85. The van der Waals surface area contributed by atoms with Crippen LogP contribution in [0.3, 0.4) is 0 Å². The summed E-state index contributed by atoms with van der Waals surface area (Å²) in [6, 6.07) is 6.38. The van der Waals surface area contributed by atoms with Gasteiger partial charge in [0.2, 0.25) is 0 Å². The molecule has 114 valence electrons. The van der Waals surface area contributed by atoms with Gasteiger partial charge in [0.15, 0.2) is 5.82 Å². The molecule has 0 fully saturated rings. The van der Waals surface area contributed by atoms with Gasteiger partial charge in [-0.2, -0.15) is 10.4 Å². The number of halogens is 1. The highest BCUT2D eigenvalue weighted by Gasteiger charge is 2.15. The zero-order valence-electron chi connectivity index (χ0n) is 12.8. The quantitative estimate of drug-likeness (QED) is 0.916. The topological polar surface area (TPSA) is 70.8 Å². The van der Waals surface area contributed by atoms with Gasteiger partial charge >= 0.3 is 0 Å². The number of aryl methyl sites for hydroxylation is 1. The van der Waals surface area contributed by atoms with E-state index >= 15 is 0 Å². The molecule has 1 heterocycles. The van der Waals surface area contributed by atoms with E-state index in [9.17, 15) is 9.65 Å². The summed E-state index contributed by atoms with van der Waals surface area (Å²) in [7, 11) is 1.46. The fourth-order valence-electron chi connectivity index (χ4n) is 2.27. The minimum atomic E-state index is -0.436. The summed E-state index contributed by atoms with van der Waals surface area (Å²) in [5.41, 5.74) is 2.57. The number of aromatic nitrogens is 2. The Morgan fingerprint density at radius 3 is 2.59 bits per heavy atom. The molecule has 1 aromatic carbocycles. The average Bonchev–Trinajstić information content (AvgIpc) is 2.53. The molecule has 1 N–H and O–H groups in total. The van der Waals surface area contributed by atoms with Gasteiger partial charge < -0.3 is 10.1 Å². The Morgan fingerprint density at radius 1 is 1.23 bits per heavy atom. The van der Waals surface area contributed by atoms with Crippen LogP contribution in [0, 0.1) is 17.1 Å². The molecule has 0 bridgehead atoms. The highest BCUT2D eigenvalue weighted by atomic mass is 19.1. The van der Waals surface area contributed by atoms with Gasteiger partial charge in [-0.25, -0.2) is 4.39 Å². The number of nitrogens with one attached hydrogen (secondary N) is 1. The number of hydrogen-bond donors (Lipinski definition) is 1. The fraction of sp³-hybridized carbons (Fsp3) is 0.312. The first-order chi connectivity index (χ1) is 10.6. The van der Waals surface area contributed by atoms with Crippen LogP contribution in [-0.2, 0) is 12.8 Å². The van der Waals surface area contributed by atoms with Crippen LogP contribution in [0.25, 0.3) is 0 Å². The van der Waals surface area contributed by atoms with Crippen LogP contribution in [0.5, 0.6) is 5.75 Å². The monoisotopic (exact) mass is 300 g/mol. The summed E-state index contributed by atoms with van der Waals surface area (Å²) in [6.45, 7) is 3.93. The van der Waals surface area contributed by atoms with E-state index in [0.29, 0.717) is 35.7 Å². The van der Waals surface area contributed by atoms with Gasteiger partial charge in [-0.15, -0.1) is 5.10 Å². The van der Waals surface area contributed by atoms with Gasteiger partial charge in [-0.3, -0.25) is 0 Å². The van der Waals surface area contributed by atoms with Crippen molar-refractivity contribution >= 4 is 11.5 Å². The SMILES string of the molecule is CCc1nnc(Nc2cc(F)cc(OC)c2)c(C#N)c1CC. The number of nitrogens with zero attached hydrogens (tertiary/aromatic N) is 3. The molecule has 0 aliphatic carbocycles. The molecule has 0 radical (unpaired) electrons. The maximum absolute atomic E-state index is 13.5. The summed E-state index contributed by atoms with van der Waals surface area (Å²) in [4.78, 5) is 0. The molecule has 0 aliphatic heterocycles. The van der Waals surface area contributed by atoms with Crippen molar-refractivity contribution in [2.75, 3.05) is 12.4 Å². The summed E-state index contributed by atoms with van der Waals surface area (Å²) in [5, 5.41) is 20.6. The lowest BCUT2D eigenvalue weighted by Gasteiger charge is -2.12. The highest BCUT2D eigenvalue weighted by Crippen LogP contribution is 2.26. The lowest BCUT2D eigenvalue weighted by atomic mass is 10.0. The maximum atomic E-state index is 13.5. The summed E-state index contributed by atoms with van der Waals surface area (Å²) in [6.07, 6.45) is 1.39. The molecular formula is C16H17FN4O. The number of rotatable bonds is 5. The third-order valence-electron chi connectivity index (χ3n) is 3.33. The summed E-state index contributed by atoms with van der Waals surface area (Å²) in [5.74, 6) is 0.272. The normalized spacial score (nSPS) is 10.1. The van der Waals surface area contributed by atoms with Gasteiger partial charge in [0, 0.05) is 17.8 Å². The van der Waals surface area contributed by atoms with E-state index in [1.54, 1.807) is 6.07 Å². The van der Waals surface area contributed by atoms with Gasteiger partial charge in [-0.05, 0) is 24.5 Å². The molecule has 0 spiro atoms. The fourth-order valence-corrected chi connectivity index (χ4v) is 2.27. The Labute approximate surface area is 128 Å². The van der Waals surface area contributed by atoms with Crippen molar-refractivity contribution < 1.29 is 9.13 Å². The molecule has 0 saturated heterocycles. The van der Waals surface area contributed by atoms with Gasteiger partial charge in [-0.1, -0.05) is 13.8 Å². The minimum absolute atomic E-state index is 0.323. The number of benzene rings is 1. The van der Waals surface area contributed by atoms with Crippen LogP contribution in [0.2, 0.25) is 0 Å². The molecule has 1 aromatic heterocycles. The first kappa shape index (κ1) is 15.7. The number of nitriles is 1. The van der Waals surface area contributed by atoms with E-state index in [0.717, 1.165) is 11.3 Å². The lowest BCUT2D eigenvalue weighted by molar-refractivity contribution is 0.411. The standard InChI is InChI=1S/C16H17FN4O/c1-4-13-14(9-18)16(21-20-15(13)5-2)19-11-6-10(17)7-12(8-11)22-3/h6-8H,4-5H2,1-3H3,(H,19,21). The van der Waals surface area contributed by atoms with Crippen LogP contribution in [-0.4, -0.2) is 17.3 Å². The molecular weight excluding hydrogens is 283 g/mol. The first-order valence-corrected chi connectivity index (χ1v) is 7.03. The van der Waals surface area contributed by atoms with Crippen molar-refractivity contribution in [2.45, 2.75) is 26.7 Å². The molecule has 2 aromatic rings. The molecule has 22 heavy (non-hydrogen) atoms. The maximum Gasteiger partial charge on any atom is 0.171 e. The van der Waals surface area contributed by atoms with Crippen molar-refractivity contribution in [1.29, 1.82) is 5.26 Å². The van der Waals surface area contributed by atoms with Gasteiger partial charge in [0.25, 0.3) is 0 Å². The second-order valence-electron chi connectivity index (χ2n) is 4.67. The van der Waals surface area contributed by atoms with E-state index in [1.165, 1.54) is 19.2 Å². The Bertz CT molecular complexity index is 725. The zero-order valence-corrected chi connectivity index (χ0v) is 12.8.